The Kier molecular flexibility index (Phi) is 6.84. The van der Waals surface area contributed by atoms with Gasteiger partial charge in [-0.1, -0.05) is 56.5 Å². The third-order valence-corrected chi connectivity index (χ3v) is 4.83. The van der Waals surface area contributed by atoms with Gasteiger partial charge in [-0.3, -0.25) is 0 Å². The lowest BCUT2D eigenvalue weighted by molar-refractivity contribution is 0.368. The lowest BCUT2D eigenvalue weighted by Crippen LogP contribution is -2.33. The highest BCUT2D eigenvalue weighted by molar-refractivity contribution is 6.32. The Morgan fingerprint density at radius 2 is 1.78 bits per heavy atom. The van der Waals surface area contributed by atoms with Crippen LogP contribution in [-0.4, -0.2) is 11.8 Å². The molecule has 0 aliphatic heterocycles. The zero-order valence-corrected chi connectivity index (χ0v) is 13.3. The van der Waals surface area contributed by atoms with Gasteiger partial charge >= 0.3 is 0 Å². The van der Waals surface area contributed by atoms with Crippen LogP contribution in [-0.2, 0) is 5.41 Å². The Balaban J connectivity index is 3.03. The Bertz CT molecular complexity index is 359. The number of halogens is 3. The number of hydrogen-bond acceptors (Lipinski definition) is 0. The van der Waals surface area contributed by atoms with Crippen LogP contribution in [0.25, 0.3) is 0 Å². The molecule has 0 aliphatic carbocycles. The van der Waals surface area contributed by atoms with Crippen molar-refractivity contribution in [2.24, 2.45) is 5.92 Å². The van der Waals surface area contributed by atoms with Crippen LogP contribution in [0.5, 0.6) is 0 Å². The summed E-state index contributed by atoms with van der Waals surface area (Å²) in [6, 6.07) is 7.90. The summed E-state index contributed by atoms with van der Waals surface area (Å²) in [5.74, 6) is 1.62. The summed E-state index contributed by atoms with van der Waals surface area (Å²) in [5, 5.41) is 0.766. The molecule has 1 aromatic carbocycles. The summed E-state index contributed by atoms with van der Waals surface area (Å²) in [7, 11) is 0. The summed E-state index contributed by atoms with van der Waals surface area (Å²) >= 11 is 18.8. The Morgan fingerprint density at radius 3 is 2.28 bits per heavy atom. The van der Waals surface area contributed by atoms with E-state index in [0.29, 0.717) is 17.7 Å². The fourth-order valence-electron chi connectivity index (χ4n) is 2.55. The molecule has 18 heavy (non-hydrogen) atoms. The molecule has 0 aliphatic rings. The van der Waals surface area contributed by atoms with Gasteiger partial charge in [-0.15, -0.1) is 23.2 Å². The quantitative estimate of drug-likeness (QED) is 0.552. The third-order valence-electron chi connectivity index (χ3n) is 3.48. The van der Waals surface area contributed by atoms with Gasteiger partial charge in [0.25, 0.3) is 0 Å². The Hall–Kier alpha value is 0.0900. The van der Waals surface area contributed by atoms with Crippen molar-refractivity contribution in [1.29, 1.82) is 0 Å². The van der Waals surface area contributed by atoms with Crippen LogP contribution in [0.3, 0.4) is 0 Å². The molecule has 0 aromatic heterocycles. The van der Waals surface area contributed by atoms with Gasteiger partial charge in [-0.05, 0) is 24.0 Å². The summed E-state index contributed by atoms with van der Waals surface area (Å²) < 4.78 is 0. The van der Waals surface area contributed by atoms with Crippen molar-refractivity contribution in [1.82, 2.24) is 0 Å². The minimum Gasteiger partial charge on any atom is -0.126 e. The van der Waals surface area contributed by atoms with Gasteiger partial charge in [-0.25, -0.2) is 0 Å². The van der Waals surface area contributed by atoms with Crippen LogP contribution in [0, 0.1) is 5.92 Å². The molecule has 0 saturated heterocycles. The lowest BCUT2D eigenvalue weighted by atomic mass is 9.76. The minimum atomic E-state index is -0.212. The average molecular weight is 308 g/mol. The molecule has 0 heterocycles. The van der Waals surface area contributed by atoms with Gasteiger partial charge < -0.3 is 0 Å². The maximum absolute atomic E-state index is 6.31. The summed E-state index contributed by atoms with van der Waals surface area (Å²) in [4.78, 5) is 0. The second kappa shape index (κ2) is 7.62. The van der Waals surface area contributed by atoms with Gasteiger partial charge in [0, 0.05) is 22.2 Å². The molecule has 0 saturated carbocycles. The van der Waals surface area contributed by atoms with Crippen molar-refractivity contribution in [3.8, 4) is 0 Å². The molecular formula is C15H21Cl3. The summed E-state index contributed by atoms with van der Waals surface area (Å²) in [5.41, 5.74) is 0.871. The molecule has 102 valence electrons. The highest BCUT2D eigenvalue weighted by Gasteiger charge is 2.33. The van der Waals surface area contributed by atoms with E-state index in [1.165, 1.54) is 12.8 Å². The molecule has 0 spiro atoms. The number of rotatable bonds is 7. The molecule has 0 N–H and O–H groups in total. The molecule has 1 rings (SSSR count). The van der Waals surface area contributed by atoms with E-state index in [1.807, 2.05) is 24.3 Å². The van der Waals surface area contributed by atoms with E-state index < -0.39 is 0 Å². The first kappa shape index (κ1) is 16.1. The van der Waals surface area contributed by atoms with Crippen molar-refractivity contribution in [3.63, 3.8) is 0 Å². The van der Waals surface area contributed by atoms with E-state index in [2.05, 4.69) is 13.8 Å². The standard InChI is InChI=1S/C15H21Cl3/c1-3-6-12(2)9-15(10-16,11-17)13-7-4-5-8-14(13)18/h4-5,7-8,12H,3,6,9-11H2,1-2H3. The third kappa shape index (κ3) is 3.79. The van der Waals surface area contributed by atoms with E-state index in [4.69, 9.17) is 34.8 Å². The van der Waals surface area contributed by atoms with E-state index in [0.717, 1.165) is 17.0 Å². The van der Waals surface area contributed by atoms with Crippen LogP contribution in [0.15, 0.2) is 24.3 Å². The molecule has 0 nitrogen and oxygen atoms in total. The smallest absolute Gasteiger partial charge is 0.0444 e. The highest BCUT2D eigenvalue weighted by Crippen LogP contribution is 2.38. The van der Waals surface area contributed by atoms with Gasteiger partial charge in [0.2, 0.25) is 0 Å². The van der Waals surface area contributed by atoms with Crippen LogP contribution in [0.1, 0.15) is 38.7 Å². The van der Waals surface area contributed by atoms with Gasteiger partial charge in [0.15, 0.2) is 0 Å². The SMILES string of the molecule is CCCC(C)CC(CCl)(CCl)c1ccccc1Cl. The Morgan fingerprint density at radius 1 is 1.17 bits per heavy atom. The predicted octanol–water partition coefficient (Wildman–Crippen LogP) is 5.88. The van der Waals surface area contributed by atoms with Crippen molar-refractivity contribution in [2.45, 2.75) is 38.5 Å². The average Bonchev–Trinajstić information content (AvgIpc) is 2.37. The fourth-order valence-corrected chi connectivity index (χ4v) is 3.68. The normalized spacial score (nSPS) is 13.6. The second-order valence-corrected chi connectivity index (χ2v) is 6.07. The second-order valence-electron chi connectivity index (χ2n) is 5.13. The van der Waals surface area contributed by atoms with Crippen molar-refractivity contribution in [2.75, 3.05) is 11.8 Å². The van der Waals surface area contributed by atoms with E-state index in [-0.39, 0.29) is 5.41 Å². The molecule has 3 heteroatoms. The maximum atomic E-state index is 6.31. The molecule has 1 atom stereocenters. The maximum Gasteiger partial charge on any atom is 0.0444 e. The minimum absolute atomic E-state index is 0.212. The number of hydrogen-bond donors (Lipinski definition) is 0. The lowest BCUT2D eigenvalue weighted by Gasteiger charge is -2.33. The topological polar surface area (TPSA) is 0 Å². The first-order valence-corrected chi connectivity index (χ1v) is 7.91. The number of alkyl halides is 2. The van der Waals surface area contributed by atoms with Crippen LogP contribution < -0.4 is 0 Å². The van der Waals surface area contributed by atoms with E-state index >= 15 is 0 Å². The van der Waals surface area contributed by atoms with Crippen molar-refractivity contribution in [3.05, 3.63) is 34.9 Å². The fraction of sp³-hybridized carbons (Fsp3) is 0.600. The number of benzene rings is 1. The first-order chi connectivity index (χ1) is 8.59. The predicted molar refractivity (Wildman–Crippen MR) is 83.3 cm³/mol. The van der Waals surface area contributed by atoms with Gasteiger partial charge in [0.05, 0.1) is 0 Å². The zero-order valence-electron chi connectivity index (χ0n) is 11.1. The van der Waals surface area contributed by atoms with Crippen molar-refractivity contribution < 1.29 is 0 Å². The van der Waals surface area contributed by atoms with E-state index in [9.17, 15) is 0 Å². The molecular weight excluding hydrogens is 287 g/mol. The molecule has 1 unspecified atom stereocenters. The largest absolute Gasteiger partial charge is 0.126 e. The van der Waals surface area contributed by atoms with Crippen LogP contribution in [0.4, 0.5) is 0 Å². The van der Waals surface area contributed by atoms with Crippen molar-refractivity contribution >= 4 is 34.8 Å². The van der Waals surface area contributed by atoms with Gasteiger partial charge in [-0.2, -0.15) is 0 Å². The van der Waals surface area contributed by atoms with Crippen LogP contribution in [0.2, 0.25) is 5.02 Å². The molecule has 0 bridgehead atoms. The molecule has 0 amide bonds. The van der Waals surface area contributed by atoms with Gasteiger partial charge in [0.1, 0.15) is 0 Å². The Labute approximate surface area is 126 Å². The van der Waals surface area contributed by atoms with E-state index in [1.54, 1.807) is 0 Å². The summed E-state index contributed by atoms with van der Waals surface area (Å²) in [6.45, 7) is 4.46. The first-order valence-electron chi connectivity index (χ1n) is 6.46. The van der Waals surface area contributed by atoms with Crippen LogP contribution >= 0.6 is 34.8 Å². The molecule has 1 aromatic rings. The highest BCUT2D eigenvalue weighted by atomic mass is 35.5. The zero-order chi connectivity index (χ0) is 13.6. The monoisotopic (exact) mass is 306 g/mol. The summed E-state index contributed by atoms with van der Waals surface area (Å²) in [6.07, 6.45) is 3.36. The molecule has 0 fully saturated rings. The molecule has 0 radical (unpaired) electrons.